The fourth-order valence-corrected chi connectivity index (χ4v) is 2.04. The summed E-state index contributed by atoms with van der Waals surface area (Å²) < 4.78 is 0. The van der Waals surface area contributed by atoms with Gasteiger partial charge in [0, 0.05) is 13.1 Å². The van der Waals surface area contributed by atoms with Crippen LogP contribution >= 0.6 is 0 Å². The summed E-state index contributed by atoms with van der Waals surface area (Å²) in [5.41, 5.74) is 7.29. The maximum Gasteiger partial charge on any atom is 1.00 e. The fraction of sp³-hybridized carbons (Fsp3) is 0.364. The molecule has 0 bridgehead atoms. The molecule has 0 aliphatic heterocycles. The van der Waals surface area contributed by atoms with Crippen molar-refractivity contribution in [2.75, 3.05) is 13.1 Å². The molecule has 1 rings (SSSR count). The summed E-state index contributed by atoms with van der Waals surface area (Å²) in [7, 11) is 0. The normalized spacial score (nSPS) is 12.4. The van der Waals surface area contributed by atoms with Crippen molar-refractivity contribution >= 4 is 12.1 Å². The molecule has 6 heteroatoms. The topological polar surface area (TPSA) is 84.7 Å². The molecule has 0 aromatic heterocycles. The number of nitrogens with two attached hydrogens (primary N) is 1. The molecule has 0 heterocycles. The summed E-state index contributed by atoms with van der Waals surface area (Å²) >= 11 is 0. The van der Waals surface area contributed by atoms with E-state index < -0.39 is 0 Å². The Labute approximate surface area is 182 Å². The van der Waals surface area contributed by atoms with Crippen LogP contribution in [0.3, 0.4) is 0 Å². The summed E-state index contributed by atoms with van der Waals surface area (Å²) in [5, 5.41) is 15.7. The van der Waals surface area contributed by atoms with Crippen molar-refractivity contribution in [1.29, 1.82) is 0 Å². The number of hydrogen-bond donors (Lipinski definition) is 3. The molecule has 146 valence electrons. The molecule has 4 N–H and O–H groups in total. The Hall–Kier alpha value is -2.06. The van der Waals surface area contributed by atoms with Crippen LogP contribution in [0.2, 0.25) is 0 Å². The molecule has 1 aromatic rings. The van der Waals surface area contributed by atoms with Gasteiger partial charge in [-0.3, -0.25) is 6.21 Å². The minimum absolute atomic E-state index is 0. The second-order valence-electron chi connectivity index (χ2n) is 6.24. The molecule has 0 unspecified atom stereocenters. The van der Waals surface area contributed by atoms with Crippen LogP contribution in [0, 0.1) is 18.3 Å². The largest absolute Gasteiger partial charge is 1.00 e. The maximum atomic E-state index is 9.27. The van der Waals surface area contributed by atoms with Gasteiger partial charge in [-0.05, 0) is 36.7 Å². The molecule has 1 aromatic carbocycles. The first-order chi connectivity index (χ1) is 13.2. The Morgan fingerprint density at radius 3 is 2.57 bits per heavy atom. The molecular weight excluding hydrogens is 341 g/mol. The minimum Gasteiger partial charge on any atom is -0.878 e. The van der Waals surface area contributed by atoms with E-state index in [4.69, 9.17) is 5.73 Å². The van der Waals surface area contributed by atoms with Crippen LogP contribution in [0.4, 0.5) is 0 Å². The van der Waals surface area contributed by atoms with Crippen LogP contribution in [-0.2, 0) is 6.54 Å². The van der Waals surface area contributed by atoms with E-state index in [-0.39, 0.29) is 24.8 Å². The minimum atomic E-state index is 0. The third kappa shape index (κ3) is 12.3. The third-order valence-electron chi connectivity index (χ3n) is 3.63. The second kappa shape index (κ2) is 17.1. The van der Waals surface area contributed by atoms with Gasteiger partial charge in [-0.2, -0.15) is 17.8 Å². The summed E-state index contributed by atoms with van der Waals surface area (Å²) in [4.78, 5) is 4.32. The predicted octanol–water partition coefficient (Wildman–Crippen LogP) is 0.364. The number of aliphatic imine (C=N–C) groups is 1. The fourth-order valence-electron chi connectivity index (χ4n) is 2.04. The van der Waals surface area contributed by atoms with Gasteiger partial charge >= 0.3 is 18.9 Å². The Bertz CT molecular complexity index is 648. The van der Waals surface area contributed by atoms with Crippen LogP contribution in [0.1, 0.15) is 32.3 Å². The number of amidine groups is 1. The van der Waals surface area contributed by atoms with E-state index in [0.29, 0.717) is 24.5 Å². The van der Waals surface area contributed by atoms with Crippen molar-refractivity contribution in [3.05, 3.63) is 77.5 Å². The smallest absolute Gasteiger partial charge is 0.878 e. The molecular formula is C22H30LiN5-2. The zero-order chi connectivity index (χ0) is 19.7. The van der Waals surface area contributed by atoms with Gasteiger partial charge < -0.3 is 26.8 Å². The summed E-state index contributed by atoms with van der Waals surface area (Å²) in [6, 6.07) is 10.1. The van der Waals surface area contributed by atoms with Crippen molar-refractivity contribution < 1.29 is 18.9 Å². The van der Waals surface area contributed by atoms with Crippen molar-refractivity contribution in [3.63, 3.8) is 0 Å². The SMILES string of the molecule is CC(C)C(=[C-]N=C(C=[C-]NCc1ccccc1)NCC/C=C/CCN)C=[N-].[Li+]. The molecule has 0 fully saturated rings. The van der Waals surface area contributed by atoms with Gasteiger partial charge in [0.05, 0.1) is 0 Å². The first-order valence-corrected chi connectivity index (χ1v) is 9.29. The molecule has 0 spiro atoms. The van der Waals surface area contributed by atoms with Crippen molar-refractivity contribution in [1.82, 2.24) is 10.6 Å². The number of allylic oxidation sites excluding steroid dienone is 1. The van der Waals surface area contributed by atoms with Crippen LogP contribution in [0.5, 0.6) is 0 Å². The second-order valence-corrected chi connectivity index (χ2v) is 6.24. The van der Waals surface area contributed by atoms with Gasteiger partial charge in [-0.25, -0.2) is 0 Å². The van der Waals surface area contributed by atoms with Crippen LogP contribution in [0.25, 0.3) is 5.41 Å². The molecule has 0 saturated carbocycles. The molecule has 0 atom stereocenters. The van der Waals surface area contributed by atoms with E-state index in [2.05, 4.69) is 52.3 Å². The zero-order valence-corrected chi connectivity index (χ0v) is 17.3. The van der Waals surface area contributed by atoms with Gasteiger partial charge in [-0.1, -0.05) is 62.5 Å². The quantitative estimate of drug-likeness (QED) is 0.0944. The number of nitrogens with one attached hydrogen (secondary N) is 2. The average Bonchev–Trinajstić information content (AvgIpc) is 2.68. The predicted molar refractivity (Wildman–Crippen MR) is 115 cm³/mol. The monoisotopic (exact) mass is 371 g/mol. The summed E-state index contributed by atoms with van der Waals surface area (Å²) in [6.07, 6.45) is 14.7. The van der Waals surface area contributed by atoms with Crippen molar-refractivity contribution in [3.8, 4) is 0 Å². The third-order valence-corrected chi connectivity index (χ3v) is 3.63. The first kappa shape index (κ1) is 25.9. The molecule has 5 nitrogen and oxygen atoms in total. The maximum absolute atomic E-state index is 9.27. The summed E-state index contributed by atoms with van der Waals surface area (Å²) in [6.45, 7) is 6.04. The molecule has 28 heavy (non-hydrogen) atoms. The van der Waals surface area contributed by atoms with Crippen LogP contribution < -0.4 is 35.2 Å². The molecule has 0 amide bonds. The zero-order valence-electron chi connectivity index (χ0n) is 17.3. The number of benzene rings is 1. The Morgan fingerprint density at radius 2 is 1.93 bits per heavy atom. The Kier molecular flexibility index (Phi) is 15.8. The van der Waals surface area contributed by atoms with Gasteiger partial charge in [0.25, 0.3) is 0 Å². The molecule has 0 aliphatic rings. The van der Waals surface area contributed by atoms with E-state index in [1.807, 2.05) is 32.0 Å². The molecule has 0 saturated heterocycles. The van der Waals surface area contributed by atoms with Gasteiger partial charge in [0.2, 0.25) is 0 Å². The van der Waals surface area contributed by atoms with Crippen molar-refractivity contribution in [2.45, 2.75) is 33.2 Å². The van der Waals surface area contributed by atoms with Gasteiger partial charge in [-0.15, -0.1) is 0 Å². The van der Waals surface area contributed by atoms with Gasteiger partial charge in [0.15, 0.2) is 0 Å². The van der Waals surface area contributed by atoms with E-state index in [0.717, 1.165) is 25.6 Å². The summed E-state index contributed by atoms with van der Waals surface area (Å²) in [5.74, 6) is 0.770. The standard InChI is InChI=1S/C22H30N5.Li/c1-19(2)21(16-24)18-27-22(26-14-9-4-3-8-13-23)12-15-25-17-20-10-6-5-7-11-20;/h3-7,10-12,16,19,25H,8-9,13-14,17,23H2,1-2H3,(H,26,27);/q-3;+1/b4-3+;. The Morgan fingerprint density at radius 1 is 1.21 bits per heavy atom. The average molecular weight is 371 g/mol. The Balaban J connectivity index is 0.00000729. The number of nitrogens with zero attached hydrogens (tertiary/aromatic N) is 2. The molecule has 0 aliphatic carbocycles. The van der Waals surface area contributed by atoms with Crippen LogP contribution in [0.15, 0.2) is 59.1 Å². The van der Waals surface area contributed by atoms with E-state index in [9.17, 15) is 5.41 Å². The molecule has 0 radical (unpaired) electrons. The van der Waals surface area contributed by atoms with E-state index in [1.165, 1.54) is 5.56 Å². The number of hydrogen-bond acceptors (Lipinski definition) is 3. The van der Waals surface area contributed by atoms with E-state index >= 15 is 0 Å². The number of rotatable bonds is 12. The first-order valence-electron chi connectivity index (χ1n) is 9.29. The van der Waals surface area contributed by atoms with E-state index in [1.54, 1.807) is 6.08 Å². The van der Waals surface area contributed by atoms with Crippen molar-refractivity contribution in [2.24, 2.45) is 16.6 Å². The van der Waals surface area contributed by atoms with Gasteiger partial charge in [0.1, 0.15) is 0 Å². The van der Waals surface area contributed by atoms with Crippen LogP contribution in [-0.4, -0.2) is 25.1 Å².